The van der Waals surface area contributed by atoms with Crippen LogP contribution in [0.25, 0.3) is 0 Å². The molecule has 0 saturated carbocycles. The van der Waals surface area contributed by atoms with Crippen molar-refractivity contribution < 1.29 is 0 Å². The van der Waals surface area contributed by atoms with E-state index in [0.29, 0.717) is 0 Å². The first kappa shape index (κ1) is 5.72. The second-order valence-electron chi connectivity index (χ2n) is 1.35. The van der Waals surface area contributed by atoms with Crippen LogP contribution in [0.3, 0.4) is 0 Å². The Morgan fingerprint density at radius 2 is 2.29 bits per heavy atom. The third-order valence-electron chi connectivity index (χ3n) is 0.708. The molecule has 1 aromatic heterocycles. The molecule has 0 fully saturated rings. The van der Waals surface area contributed by atoms with Gasteiger partial charge in [0.05, 0.1) is 0 Å². The number of hydrogen-bond acceptors (Lipinski definition) is 1. The van der Waals surface area contributed by atoms with Gasteiger partial charge in [-0.2, -0.15) is 0 Å². The maximum atomic E-state index is 5.58. The molecule has 0 aliphatic heterocycles. The normalized spacial score (nSPS) is 9.57. The van der Waals surface area contributed by atoms with Gasteiger partial charge in [-0.15, -0.1) is 0 Å². The Hall–Kier alpha value is 0.587. The minimum atomic E-state index is 0.873. The molecule has 0 aromatic carbocycles. The fourth-order valence-electron chi connectivity index (χ4n) is 0.405. The molecule has 0 spiro atoms. The van der Waals surface area contributed by atoms with E-state index in [4.69, 9.17) is 11.6 Å². The van der Waals surface area contributed by atoms with E-state index in [1.807, 2.05) is 29.8 Å². The first-order valence-electron chi connectivity index (χ1n) is 2.01. The van der Waals surface area contributed by atoms with E-state index in [-0.39, 0.29) is 0 Å². The van der Waals surface area contributed by atoms with Crippen LogP contribution in [0.2, 0.25) is 4.34 Å². The molecule has 0 bridgehead atoms. The molecule has 0 N–H and O–H groups in total. The van der Waals surface area contributed by atoms with Gasteiger partial charge < -0.3 is 0 Å². The van der Waals surface area contributed by atoms with Crippen LogP contribution in [-0.4, -0.2) is 17.7 Å². The summed E-state index contributed by atoms with van der Waals surface area (Å²) >= 11 is 9.23. The van der Waals surface area contributed by atoms with E-state index in [1.165, 1.54) is 3.55 Å². The fraction of sp³-hybridized carbons (Fsp3) is 0. The molecule has 0 aliphatic carbocycles. The SMILES string of the molecule is [Li][c]1ccc(Cl)s1. The number of rotatable bonds is 0. The molecule has 1 heterocycles. The molecular weight excluding hydrogens is 123 g/mol. The zero-order valence-electron chi connectivity index (χ0n) is 3.94. The van der Waals surface area contributed by atoms with Crippen molar-refractivity contribution in [2.75, 3.05) is 0 Å². The van der Waals surface area contributed by atoms with Gasteiger partial charge >= 0.3 is 60.7 Å². The van der Waals surface area contributed by atoms with Gasteiger partial charge in [0.2, 0.25) is 0 Å². The van der Waals surface area contributed by atoms with Crippen LogP contribution in [0.5, 0.6) is 0 Å². The summed E-state index contributed by atoms with van der Waals surface area (Å²) in [5, 5.41) is 0. The molecule has 7 heavy (non-hydrogen) atoms. The van der Waals surface area contributed by atoms with E-state index < -0.39 is 0 Å². The van der Waals surface area contributed by atoms with Crippen molar-refractivity contribution in [3.05, 3.63) is 16.5 Å². The van der Waals surface area contributed by atoms with Crippen LogP contribution in [-0.2, 0) is 0 Å². The third kappa shape index (κ3) is 1.51. The van der Waals surface area contributed by atoms with Crippen LogP contribution in [0.15, 0.2) is 12.1 Å². The van der Waals surface area contributed by atoms with E-state index >= 15 is 0 Å². The standard InChI is InChI=1S/C4H2ClS.Li/c5-4-2-1-3-6-4;/h1-2H;. The molecular formula is C4H2ClLiS. The molecule has 0 nitrogen and oxygen atoms in total. The average Bonchev–Trinajstić information content (AvgIpc) is 1.87. The molecule has 3 heteroatoms. The molecule has 0 saturated heterocycles. The quantitative estimate of drug-likeness (QED) is 0.456. The van der Waals surface area contributed by atoms with Gasteiger partial charge in [0.1, 0.15) is 0 Å². The second kappa shape index (κ2) is 2.24. The van der Waals surface area contributed by atoms with E-state index in [1.54, 1.807) is 11.3 Å². The fourth-order valence-corrected chi connectivity index (χ4v) is 1.41. The van der Waals surface area contributed by atoms with E-state index in [0.717, 1.165) is 4.34 Å². The summed E-state index contributed by atoms with van der Waals surface area (Å²) in [5.41, 5.74) is 0. The average molecular weight is 125 g/mol. The third-order valence-corrected chi connectivity index (χ3v) is 1.85. The van der Waals surface area contributed by atoms with Gasteiger partial charge in [0, 0.05) is 0 Å². The number of thiophene rings is 1. The van der Waals surface area contributed by atoms with Crippen molar-refractivity contribution in [2.24, 2.45) is 0 Å². The van der Waals surface area contributed by atoms with E-state index in [2.05, 4.69) is 0 Å². The molecule has 1 aromatic rings. The Morgan fingerprint density at radius 3 is 2.43 bits per heavy atom. The van der Waals surface area contributed by atoms with Crippen LogP contribution >= 0.6 is 22.9 Å². The Kier molecular flexibility index (Phi) is 1.83. The van der Waals surface area contributed by atoms with Crippen molar-refractivity contribution in [1.82, 2.24) is 0 Å². The molecule has 0 amide bonds. The molecule has 0 radical (unpaired) electrons. The molecule has 0 aliphatic rings. The topological polar surface area (TPSA) is 0 Å². The van der Waals surface area contributed by atoms with Gasteiger partial charge in [0.15, 0.2) is 0 Å². The summed E-state index contributed by atoms with van der Waals surface area (Å²) in [6.45, 7) is 0. The molecule has 1 rings (SSSR count). The van der Waals surface area contributed by atoms with Crippen molar-refractivity contribution in [2.45, 2.75) is 0 Å². The van der Waals surface area contributed by atoms with Gasteiger partial charge in [-0.05, 0) is 0 Å². The zero-order chi connectivity index (χ0) is 5.28. The maximum absolute atomic E-state index is 5.58. The summed E-state index contributed by atoms with van der Waals surface area (Å²) in [5.74, 6) is 0. The number of halogens is 1. The van der Waals surface area contributed by atoms with Crippen molar-refractivity contribution in [3.63, 3.8) is 0 Å². The first-order chi connectivity index (χ1) is 3.29. The summed E-state index contributed by atoms with van der Waals surface area (Å²) < 4.78 is 2.14. The zero-order valence-corrected chi connectivity index (χ0v) is 5.51. The summed E-state index contributed by atoms with van der Waals surface area (Å²) in [4.78, 5) is 0. The van der Waals surface area contributed by atoms with Gasteiger partial charge in [-0.3, -0.25) is 0 Å². The molecule has 0 atom stereocenters. The van der Waals surface area contributed by atoms with Gasteiger partial charge in [-0.1, -0.05) is 0 Å². The Balaban J connectivity index is 3.04. The Labute approximate surface area is 60.7 Å². The van der Waals surface area contributed by atoms with Crippen LogP contribution in [0, 0.1) is 0 Å². The monoisotopic (exact) mass is 124 g/mol. The van der Waals surface area contributed by atoms with Crippen LogP contribution < -0.4 is 3.55 Å². The van der Waals surface area contributed by atoms with Crippen LogP contribution in [0.4, 0.5) is 0 Å². The summed E-state index contributed by atoms with van der Waals surface area (Å²) in [7, 11) is 0. The van der Waals surface area contributed by atoms with Crippen molar-refractivity contribution >= 4 is 44.2 Å². The van der Waals surface area contributed by atoms with Crippen molar-refractivity contribution in [3.8, 4) is 0 Å². The summed E-state index contributed by atoms with van der Waals surface area (Å²) in [6.07, 6.45) is 0. The van der Waals surface area contributed by atoms with E-state index in [9.17, 15) is 0 Å². The van der Waals surface area contributed by atoms with Crippen LogP contribution in [0.1, 0.15) is 0 Å². The van der Waals surface area contributed by atoms with Crippen molar-refractivity contribution in [1.29, 1.82) is 0 Å². The Bertz CT molecular complexity index is 144. The number of hydrogen-bond donors (Lipinski definition) is 0. The predicted molar refractivity (Wildman–Crippen MR) is 34.7 cm³/mol. The van der Waals surface area contributed by atoms with Gasteiger partial charge in [0.25, 0.3) is 0 Å². The summed E-state index contributed by atoms with van der Waals surface area (Å²) in [6, 6.07) is 3.91. The minimum absolute atomic E-state index is 0.873. The second-order valence-corrected chi connectivity index (χ2v) is 3.27. The Morgan fingerprint density at radius 1 is 1.57 bits per heavy atom. The van der Waals surface area contributed by atoms with Gasteiger partial charge in [-0.25, -0.2) is 0 Å². The first-order valence-corrected chi connectivity index (χ1v) is 3.20. The molecule has 32 valence electrons. The molecule has 0 unspecified atom stereocenters. The predicted octanol–water partition coefficient (Wildman–Crippen LogP) is 1.20.